The lowest BCUT2D eigenvalue weighted by atomic mass is 9.80. The van der Waals surface area contributed by atoms with E-state index in [1.54, 1.807) is 5.56 Å². The Hall–Kier alpha value is 0.180. The van der Waals surface area contributed by atoms with Crippen molar-refractivity contribution in [2.45, 2.75) is 32.6 Å². The predicted octanol–water partition coefficient (Wildman–Crippen LogP) is 4.41. The van der Waals surface area contributed by atoms with Gasteiger partial charge in [0.25, 0.3) is 0 Å². The quantitative estimate of drug-likeness (QED) is 0.722. The van der Waals surface area contributed by atoms with Crippen molar-refractivity contribution in [1.29, 1.82) is 0 Å². The summed E-state index contributed by atoms with van der Waals surface area (Å²) in [7, 11) is 0. The van der Waals surface area contributed by atoms with Gasteiger partial charge in [-0.1, -0.05) is 15.9 Å². The summed E-state index contributed by atoms with van der Waals surface area (Å²) in [6.45, 7) is 2.21. The Bertz CT molecular complexity index is 358. The molecule has 3 rings (SSSR count). The molecule has 0 aliphatic heterocycles. The summed E-state index contributed by atoms with van der Waals surface area (Å²) in [5.74, 6) is 2.17. The Morgan fingerprint density at radius 1 is 1.47 bits per heavy atom. The van der Waals surface area contributed by atoms with E-state index in [0.29, 0.717) is 5.41 Å². The monoisotopic (exact) mass is 284 g/mol. The van der Waals surface area contributed by atoms with Crippen LogP contribution in [0.5, 0.6) is 0 Å². The van der Waals surface area contributed by atoms with E-state index in [2.05, 4.69) is 34.3 Å². The summed E-state index contributed by atoms with van der Waals surface area (Å²) in [4.78, 5) is 1.46. The van der Waals surface area contributed by atoms with E-state index in [-0.39, 0.29) is 0 Å². The number of alkyl halides is 1. The first-order valence-electron chi connectivity index (χ1n) is 5.81. The standard InChI is InChI=1S/C13H17BrS/c1-9-2-10(7-15-9)4-13(8-14)5-11-3-12(11)6-13/h2,7,11-12H,3-6,8H2,1H3. The SMILES string of the molecule is Cc1cc(CC2(CBr)CC3CC3C2)cs1. The van der Waals surface area contributed by atoms with Gasteiger partial charge in [-0.3, -0.25) is 0 Å². The minimum Gasteiger partial charge on any atom is -0.149 e. The molecule has 1 aromatic rings. The fourth-order valence-corrected chi connectivity index (χ4v) is 4.69. The van der Waals surface area contributed by atoms with Gasteiger partial charge in [-0.25, -0.2) is 0 Å². The van der Waals surface area contributed by atoms with E-state index in [1.165, 1.54) is 35.9 Å². The highest BCUT2D eigenvalue weighted by Crippen LogP contribution is 2.61. The molecular formula is C13H17BrS. The second-order valence-electron chi connectivity index (χ2n) is 5.54. The molecule has 2 fully saturated rings. The first kappa shape index (κ1) is 10.3. The van der Waals surface area contributed by atoms with Crippen LogP contribution in [-0.4, -0.2) is 5.33 Å². The van der Waals surface area contributed by atoms with E-state index in [4.69, 9.17) is 0 Å². The van der Waals surface area contributed by atoms with E-state index in [9.17, 15) is 0 Å². The van der Waals surface area contributed by atoms with Gasteiger partial charge in [-0.15, -0.1) is 11.3 Å². The van der Waals surface area contributed by atoms with Crippen molar-refractivity contribution < 1.29 is 0 Å². The highest BCUT2D eigenvalue weighted by atomic mass is 79.9. The van der Waals surface area contributed by atoms with E-state index in [1.807, 2.05) is 11.3 Å². The van der Waals surface area contributed by atoms with Crippen molar-refractivity contribution >= 4 is 27.3 Å². The lowest BCUT2D eigenvalue weighted by molar-refractivity contribution is 0.308. The zero-order valence-electron chi connectivity index (χ0n) is 9.13. The average molecular weight is 285 g/mol. The lowest BCUT2D eigenvalue weighted by Crippen LogP contribution is -2.23. The van der Waals surface area contributed by atoms with Crippen LogP contribution in [0.3, 0.4) is 0 Å². The molecule has 2 unspecified atom stereocenters. The summed E-state index contributed by atoms with van der Waals surface area (Å²) in [5.41, 5.74) is 2.17. The number of halogens is 1. The van der Waals surface area contributed by atoms with Crippen LogP contribution in [0.4, 0.5) is 0 Å². The van der Waals surface area contributed by atoms with Crippen LogP contribution in [0.15, 0.2) is 11.4 Å². The van der Waals surface area contributed by atoms with Crippen molar-refractivity contribution in [3.05, 3.63) is 21.9 Å². The van der Waals surface area contributed by atoms with Crippen molar-refractivity contribution in [3.63, 3.8) is 0 Å². The number of aryl methyl sites for hydroxylation is 1. The first-order valence-corrected chi connectivity index (χ1v) is 7.81. The largest absolute Gasteiger partial charge is 0.149 e. The van der Waals surface area contributed by atoms with Gasteiger partial charge in [0.2, 0.25) is 0 Å². The second kappa shape index (κ2) is 3.59. The van der Waals surface area contributed by atoms with Crippen LogP contribution >= 0.6 is 27.3 Å². The van der Waals surface area contributed by atoms with E-state index >= 15 is 0 Å². The molecule has 0 aromatic carbocycles. The Morgan fingerprint density at radius 3 is 2.73 bits per heavy atom. The van der Waals surface area contributed by atoms with Gasteiger partial charge >= 0.3 is 0 Å². The van der Waals surface area contributed by atoms with Crippen molar-refractivity contribution in [2.75, 3.05) is 5.33 Å². The highest BCUT2D eigenvalue weighted by Gasteiger charge is 2.52. The second-order valence-corrected chi connectivity index (χ2v) is 7.22. The molecule has 1 heterocycles. The number of hydrogen-bond donors (Lipinski definition) is 0. The topological polar surface area (TPSA) is 0 Å². The number of thiophene rings is 1. The van der Waals surface area contributed by atoms with Crippen LogP contribution in [0, 0.1) is 24.2 Å². The minimum atomic E-state index is 0.598. The molecule has 0 amide bonds. The maximum Gasteiger partial charge on any atom is 0.00913 e. The molecule has 0 N–H and O–H groups in total. The molecule has 0 nitrogen and oxygen atoms in total. The molecule has 2 heteroatoms. The molecule has 0 radical (unpaired) electrons. The lowest BCUT2D eigenvalue weighted by Gasteiger charge is -2.28. The van der Waals surface area contributed by atoms with Gasteiger partial charge in [0.05, 0.1) is 0 Å². The van der Waals surface area contributed by atoms with Crippen LogP contribution in [-0.2, 0) is 6.42 Å². The molecule has 0 bridgehead atoms. The summed E-state index contributed by atoms with van der Waals surface area (Å²) in [6, 6.07) is 2.37. The molecule has 82 valence electrons. The fourth-order valence-electron chi connectivity index (χ4n) is 3.33. The van der Waals surface area contributed by atoms with Gasteiger partial charge in [0.15, 0.2) is 0 Å². The third kappa shape index (κ3) is 1.91. The molecular weight excluding hydrogens is 268 g/mol. The number of fused-ring (bicyclic) bond motifs is 1. The molecule has 0 saturated heterocycles. The van der Waals surface area contributed by atoms with Crippen LogP contribution in [0.2, 0.25) is 0 Å². The van der Waals surface area contributed by atoms with E-state index < -0.39 is 0 Å². The molecule has 15 heavy (non-hydrogen) atoms. The van der Waals surface area contributed by atoms with Gasteiger partial charge in [0.1, 0.15) is 0 Å². The Morgan fingerprint density at radius 2 is 2.20 bits per heavy atom. The molecule has 2 aliphatic carbocycles. The number of hydrogen-bond acceptors (Lipinski definition) is 1. The fraction of sp³-hybridized carbons (Fsp3) is 0.692. The molecule has 2 atom stereocenters. The van der Waals surface area contributed by atoms with Crippen LogP contribution < -0.4 is 0 Å². The summed E-state index contributed by atoms with van der Waals surface area (Å²) in [6.07, 6.45) is 5.77. The van der Waals surface area contributed by atoms with E-state index in [0.717, 1.165) is 11.8 Å². The zero-order valence-corrected chi connectivity index (χ0v) is 11.5. The number of rotatable bonds is 3. The maximum absolute atomic E-state index is 3.75. The molecule has 1 aromatic heterocycles. The van der Waals surface area contributed by atoms with Crippen LogP contribution in [0.25, 0.3) is 0 Å². The average Bonchev–Trinajstić information content (AvgIpc) is 2.65. The van der Waals surface area contributed by atoms with Gasteiger partial charge < -0.3 is 0 Å². The normalized spacial score (nSPS) is 38.0. The predicted molar refractivity (Wildman–Crippen MR) is 69.8 cm³/mol. The first-order chi connectivity index (χ1) is 7.21. The van der Waals surface area contributed by atoms with Crippen molar-refractivity contribution in [2.24, 2.45) is 17.3 Å². The van der Waals surface area contributed by atoms with Gasteiger partial charge in [-0.05, 0) is 66.9 Å². The molecule has 0 spiro atoms. The van der Waals surface area contributed by atoms with Crippen molar-refractivity contribution in [3.8, 4) is 0 Å². The van der Waals surface area contributed by atoms with Crippen LogP contribution in [0.1, 0.15) is 29.7 Å². The Labute approximate surface area is 104 Å². The third-order valence-corrected chi connectivity index (χ3v) is 6.21. The highest BCUT2D eigenvalue weighted by molar-refractivity contribution is 9.09. The van der Waals surface area contributed by atoms with Gasteiger partial charge in [-0.2, -0.15) is 0 Å². The van der Waals surface area contributed by atoms with Crippen molar-refractivity contribution in [1.82, 2.24) is 0 Å². The Kier molecular flexibility index (Phi) is 2.48. The van der Waals surface area contributed by atoms with Gasteiger partial charge in [0, 0.05) is 10.2 Å². The maximum atomic E-state index is 3.75. The molecule has 2 saturated carbocycles. The minimum absolute atomic E-state index is 0.598. The zero-order chi connectivity index (χ0) is 10.5. The smallest absolute Gasteiger partial charge is 0.00913 e. The summed E-state index contributed by atoms with van der Waals surface area (Å²) in [5, 5.41) is 3.55. The third-order valence-electron chi connectivity index (χ3n) is 4.11. The molecule has 2 aliphatic rings. The summed E-state index contributed by atoms with van der Waals surface area (Å²) < 4.78 is 0. The summed E-state index contributed by atoms with van der Waals surface area (Å²) >= 11 is 5.64. The Balaban J connectivity index is 1.75.